The van der Waals surface area contributed by atoms with E-state index in [1.165, 1.54) is 17.4 Å². The van der Waals surface area contributed by atoms with Gasteiger partial charge in [0.1, 0.15) is 5.82 Å². The number of benzene rings is 1. The van der Waals surface area contributed by atoms with Gasteiger partial charge in [0.25, 0.3) is 0 Å². The van der Waals surface area contributed by atoms with Gasteiger partial charge < -0.3 is 15.7 Å². The van der Waals surface area contributed by atoms with Crippen LogP contribution < -0.4 is 10.6 Å². The van der Waals surface area contributed by atoms with Crippen LogP contribution in [-0.2, 0) is 6.54 Å². The minimum absolute atomic E-state index is 0.0284. The van der Waals surface area contributed by atoms with Crippen molar-refractivity contribution in [3.05, 3.63) is 46.2 Å². The van der Waals surface area contributed by atoms with Crippen molar-refractivity contribution in [1.29, 1.82) is 0 Å². The number of urea groups is 1. The summed E-state index contributed by atoms with van der Waals surface area (Å²) in [6.45, 7) is 0.278. The Kier molecular flexibility index (Phi) is 4.26. The fourth-order valence-corrected chi connectivity index (χ4v) is 2.00. The molecule has 1 aromatic carbocycles. The number of hydrogen-bond acceptors (Lipinski definition) is 4. The highest BCUT2D eigenvalue weighted by Gasteiger charge is 2.13. The molecule has 0 spiro atoms. The normalized spacial score (nSPS) is 10.1. The molecule has 2 amide bonds. The Morgan fingerprint density at radius 2 is 2.20 bits per heavy atom. The van der Waals surface area contributed by atoms with Crippen molar-refractivity contribution in [3.63, 3.8) is 0 Å². The van der Waals surface area contributed by atoms with Crippen LogP contribution in [0.3, 0.4) is 0 Å². The molecular weight excluding hydrogens is 285 g/mol. The molecule has 0 fully saturated rings. The van der Waals surface area contributed by atoms with Gasteiger partial charge in [-0.25, -0.2) is 14.0 Å². The Morgan fingerprint density at radius 1 is 1.40 bits per heavy atom. The molecule has 2 rings (SSSR count). The van der Waals surface area contributed by atoms with Crippen molar-refractivity contribution in [2.24, 2.45) is 0 Å². The topological polar surface area (TPSA) is 91.3 Å². The van der Waals surface area contributed by atoms with E-state index in [4.69, 9.17) is 5.11 Å². The number of carboxylic acids is 1. The van der Waals surface area contributed by atoms with E-state index in [0.717, 1.165) is 17.0 Å². The monoisotopic (exact) mass is 295 g/mol. The summed E-state index contributed by atoms with van der Waals surface area (Å²) in [5.41, 5.74) is 1.36. The van der Waals surface area contributed by atoms with Crippen molar-refractivity contribution in [1.82, 2.24) is 10.3 Å². The molecule has 0 saturated heterocycles. The number of nitrogens with one attached hydrogen (secondary N) is 2. The lowest BCUT2D eigenvalue weighted by molar-refractivity contribution is 0.0697. The highest BCUT2D eigenvalue weighted by atomic mass is 32.1. The quantitative estimate of drug-likeness (QED) is 0.807. The summed E-state index contributed by atoms with van der Waals surface area (Å²) in [6.07, 6.45) is 1.62. The Balaban J connectivity index is 2.02. The molecule has 3 N–H and O–H groups in total. The molecule has 8 heteroatoms. The second kappa shape index (κ2) is 6.11. The van der Waals surface area contributed by atoms with Crippen LogP contribution in [0.1, 0.15) is 15.2 Å². The van der Waals surface area contributed by atoms with Gasteiger partial charge in [0.05, 0.1) is 23.3 Å². The highest BCUT2D eigenvalue weighted by Crippen LogP contribution is 2.17. The van der Waals surface area contributed by atoms with E-state index in [1.807, 2.05) is 0 Å². The molecule has 0 unspecified atom stereocenters. The van der Waals surface area contributed by atoms with Crippen LogP contribution in [-0.4, -0.2) is 22.1 Å². The summed E-state index contributed by atoms with van der Waals surface area (Å²) < 4.78 is 13.0. The van der Waals surface area contributed by atoms with Crippen LogP contribution >= 0.6 is 11.3 Å². The number of anilines is 1. The summed E-state index contributed by atoms with van der Waals surface area (Å²) in [4.78, 5) is 27.3. The average molecular weight is 295 g/mol. The van der Waals surface area contributed by atoms with E-state index < -0.39 is 17.8 Å². The van der Waals surface area contributed by atoms with Crippen molar-refractivity contribution < 1.29 is 19.1 Å². The molecule has 0 aliphatic carbocycles. The smallest absolute Gasteiger partial charge is 0.337 e. The third kappa shape index (κ3) is 3.51. The number of thiazole rings is 1. The number of rotatable bonds is 4. The molecule has 104 valence electrons. The number of carbonyl (C=O) groups excluding carboxylic acids is 1. The molecule has 20 heavy (non-hydrogen) atoms. The summed E-state index contributed by atoms with van der Waals surface area (Å²) >= 11 is 1.38. The van der Waals surface area contributed by atoms with Crippen LogP contribution in [0, 0.1) is 5.82 Å². The van der Waals surface area contributed by atoms with Gasteiger partial charge in [-0.2, -0.15) is 0 Å². The second-order valence-corrected chi connectivity index (χ2v) is 4.74. The van der Waals surface area contributed by atoms with Crippen molar-refractivity contribution in [3.8, 4) is 0 Å². The predicted octanol–water partition coefficient (Wildman–Crippen LogP) is 2.30. The lowest BCUT2D eigenvalue weighted by Crippen LogP contribution is -2.28. The molecule has 0 saturated carbocycles. The first-order valence-corrected chi connectivity index (χ1v) is 6.39. The minimum atomic E-state index is -1.32. The molecule has 0 aliphatic heterocycles. The largest absolute Gasteiger partial charge is 0.478 e. The summed E-state index contributed by atoms with van der Waals surface area (Å²) in [6, 6.07) is 2.55. The number of hydrogen-bond donors (Lipinski definition) is 3. The van der Waals surface area contributed by atoms with E-state index in [9.17, 15) is 14.0 Å². The molecule has 1 heterocycles. The van der Waals surface area contributed by atoms with Crippen LogP contribution in [0.4, 0.5) is 14.9 Å². The second-order valence-electron chi connectivity index (χ2n) is 3.77. The van der Waals surface area contributed by atoms with Gasteiger partial charge in [-0.3, -0.25) is 4.98 Å². The zero-order chi connectivity index (χ0) is 14.5. The Labute approximate surface area is 117 Å². The van der Waals surface area contributed by atoms with Crippen molar-refractivity contribution in [2.45, 2.75) is 6.54 Å². The summed E-state index contributed by atoms with van der Waals surface area (Å²) in [7, 11) is 0. The zero-order valence-electron chi connectivity index (χ0n) is 10.1. The zero-order valence-corrected chi connectivity index (χ0v) is 10.9. The van der Waals surface area contributed by atoms with Gasteiger partial charge in [-0.05, 0) is 18.2 Å². The number of halogens is 1. The molecule has 0 bridgehead atoms. The predicted molar refractivity (Wildman–Crippen MR) is 71.3 cm³/mol. The third-order valence-corrected chi connectivity index (χ3v) is 3.15. The Morgan fingerprint density at radius 3 is 2.85 bits per heavy atom. The standard InChI is InChI=1S/C12H10FN3O3S/c13-7-1-2-10(9(3-7)11(17)18)16-12(19)15-5-8-4-14-6-20-8/h1-4,6H,5H2,(H,17,18)(H2,15,16,19). The fraction of sp³-hybridized carbons (Fsp3) is 0.0833. The van der Waals surface area contributed by atoms with E-state index in [-0.39, 0.29) is 17.8 Å². The van der Waals surface area contributed by atoms with Crippen molar-refractivity contribution in [2.75, 3.05) is 5.32 Å². The molecule has 2 aromatic rings. The van der Waals surface area contributed by atoms with Gasteiger partial charge >= 0.3 is 12.0 Å². The third-order valence-electron chi connectivity index (χ3n) is 2.37. The molecule has 0 atom stereocenters. The number of aromatic nitrogens is 1. The maximum Gasteiger partial charge on any atom is 0.337 e. The fourth-order valence-electron chi connectivity index (χ4n) is 1.47. The van der Waals surface area contributed by atoms with Crippen LogP contribution in [0.2, 0.25) is 0 Å². The molecular formula is C12H10FN3O3S. The van der Waals surface area contributed by atoms with Crippen LogP contribution in [0.5, 0.6) is 0 Å². The SMILES string of the molecule is O=C(NCc1cncs1)Nc1ccc(F)cc1C(=O)O. The van der Waals surface area contributed by atoms with Gasteiger partial charge in [-0.15, -0.1) is 11.3 Å². The van der Waals surface area contributed by atoms with Crippen LogP contribution in [0.15, 0.2) is 29.9 Å². The number of nitrogens with zero attached hydrogens (tertiary/aromatic N) is 1. The Bertz CT molecular complexity index is 631. The first-order valence-electron chi connectivity index (χ1n) is 5.51. The van der Waals surface area contributed by atoms with Gasteiger partial charge in [0, 0.05) is 11.1 Å². The summed E-state index contributed by atoms with van der Waals surface area (Å²) in [5.74, 6) is -2.00. The first-order chi connectivity index (χ1) is 9.56. The number of amides is 2. The van der Waals surface area contributed by atoms with Gasteiger partial charge in [0.2, 0.25) is 0 Å². The Hall–Kier alpha value is -2.48. The van der Waals surface area contributed by atoms with E-state index in [1.54, 1.807) is 11.7 Å². The van der Waals surface area contributed by atoms with Gasteiger partial charge in [0.15, 0.2) is 0 Å². The lowest BCUT2D eigenvalue weighted by Gasteiger charge is -2.09. The highest BCUT2D eigenvalue weighted by molar-refractivity contribution is 7.09. The molecule has 0 aliphatic rings. The maximum absolute atomic E-state index is 13.0. The van der Waals surface area contributed by atoms with Crippen molar-refractivity contribution >= 4 is 29.0 Å². The number of aromatic carboxylic acids is 1. The maximum atomic E-state index is 13.0. The lowest BCUT2D eigenvalue weighted by atomic mass is 10.2. The van der Waals surface area contributed by atoms with E-state index in [2.05, 4.69) is 15.6 Å². The minimum Gasteiger partial charge on any atom is -0.478 e. The van der Waals surface area contributed by atoms with Crippen LogP contribution in [0.25, 0.3) is 0 Å². The number of carboxylic acid groups (broad SMARTS) is 1. The number of carbonyl (C=O) groups is 2. The average Bonchev–Trinajstić information content (AvgIpc) is 2.91. The molecule has 1 aromatic heterocycles. The molecule has 0 radical (unpaired) electrons. The molecule has 6 nitrogen and oxygen atoms in total. The van der Waals surface area contributed by atoms with E-state index in [0.29, 0.717) is 0 Å². The van der Waals surface area contributed by atoms with Gasteiger partial charge in [-0.1, -0.05) is 0 Å². The summed E-state index contributed by atoms with van der Waals surface area (Å²) in [5, 5.41) is 13.9. The first kappa shape index (κ1) is 13.9. The van der Waals surface area contributed by atoms with E-state index >= 15 is 0 Å².